The van der Waals surface area contributed by atoms with Gasteiger partial charge in [0.05, 0.1) is 37.5 Å². The van der Waals surface area contributed by atoms with Crippen molar-refractivity contribution in [1.29, 1.82) is 0 Å². The van der Waals surface area contributed by atoms with Crippen LogP contribution in [0.3, 0.4) is 0 Å². The Labute approximate surface area is 164 Å². The molecule has 10 heteroatoms. The Balaban J connectivity index is 1.82. The summed E-state index contributed by atoms with van der Waals surface area (Å²) >= 11 is 0. The molecule has 0 radical (unpaired) electrons. The van der Waals surface area contributed by atoms with E-state index in [9.17, 15) is 18.0 Å². The van der Waals surface area contributed by atoms with E-state index in [2.05, 4.69) is 4.72 Å². The monoisotopic (exact) mass is 412 g/mol. The predicted molar refractivity (Wildman–Crippen MR) is 101 cm³/mol. The molecule has 0 spiro atoms. The molecule has 1 saturated heterocycles. The highest BCUT2D eigenvalue weighted by Crippen LogP contribution is 2.32. The Morgan fingerprint density at radius 1 is 1.36 bits per heavy atom. The standard InChI is InChI=1S/C18H24N2O7S/c1-20-14-6-5-12(9-17(21)25-2)27-16(14)10-26-15-7-4-11(19-28(3,23)24)8-13(15)18(20)22/h4,7-8,12,14,16,19H,5-6,9-10H2,1-3H3/t12-,14-,16-/m0/s1. The summed E-state index contributed by atoms with van der Waals surface area (Å²) in [5.74, 6) is -0.263. The Bertz CT molecular complexity index is 871. The number of ether oxygens (including phenoxy) is 3. The summed E-state index contributed by atoms with van der Waals surface area (Å²) in [4.78, 5) is 26.1. The molecule has 0 unspecified atom stereocenters. The minimum Gasteiger partial charge on any atom is -0.490 e. The number of fused-ring (bicyclic) bond motifs is 2. The highest BCUT2D eigenvalue weighted by Gasteiger charge is 2.39. The number of likely N-dealkylation sites (N-methyl/N-ethyl adjacent to an activating group) is 1. The number of rotatable bonds is 4. The lowest BCUT2D eigenvalue weighted by molar-refractivity contribution is -0.151. The molecule has 0 aliphatic carbocycles. The second-order valence-electron chi connectivity index (χ2n) is 7.03. The Morgan fingerprint density at radius 2 is 2.11 bits per heavy atom. The quantitative estimate of drug-likeness (QED) is 0.735. The van der Waals surface area contributed by atoms with E-state index in [4.69, 9.17) is 14.2 Å². The smallest absolute Gasteiger partial charge is 0.308 e. The maximum absolute atomic E-state index is 13.0. The van der Waals surface area contributed by atoms with Gasteiger partial charge in [0.15, 0.2) is 0 Å². The van der Waals surface area contributed by atoms with E-state index in [0.29, 0.717) is 24.3 Å². The molecule has 9 nitrogen and oxygen atoms in total. The molecule has 3 atom stereocenters. The summed E-state index contributed by atoms with van der Waals surface area (Å²) in [7, 11) is -0.435. The first kappa shape index (κ1) is 20.4. The topological polar surface area (TPSA) is 111 Å². The van der Waals surface area contributed by atoms with Crippen molar-refractivity contribution in [3.63, 3.8) is 0 Å². The molecule has 1 amide bonds. The van der Waals surface area contributed by atoms with Crippen LogP contribution in [0, 0.1) is 0 Å². The van der Waals surface area contributed by atoms with Gasteiger partial charge in [-0.3, -0.25) is 14.3 Å². The van der Waals surface area contributed by atoms with Crippen LogP contribution in [-0.2, 0) is 24.3 Å². The minimum absolute atomic E-state index is 0.161. The molecule has 2 aliphatic heterocycles. The molecule has 2 aliphatic rings. The molecule has 28 heavy (non-hydrogen) atoms. The largest absolute Gasteiger partial charge is 0.490 e. The fourth-order valence-electron chi connectivity index (χ4n) is 3.57. The van der Waals surface area contributed by atoms with E-state index in [0.717, 1.165) is 6.26 Å². The van der Waals surface area contributed by atoms with Gasteiger partial charge < -0.3 is 19.1 Å². The zero-order chi connectivity index (χ0) is 20.5. The van der Waals surface area contributed by atoms with E-state index < -0.39 is 10.0 Å². The van der Waals surface area contributed by atoms with Crippen LogP contribution in [0.5, 0.6) is 5.75 Å². The van der Waals surface area contributed by atoms with Crippen molar-refractivity contribution in [2.24, 2.45) is 0 Å². The van der Waals surface area contributed by atoms with Crippen molar-refractivity contribution in [3.05, 3.63) is 23.8 Å². The van der Waals surface area contributed by atoms with Crippen LogP contribution in [0.4, 0.5) is 5.69 Å². The lowest BCUT2D eigenvalue weighted by Gasteiger charge is -2.42. The summed E-state index contributed by atoms with van der Waals surface area (Å²) in [6.07, 6.45) is 1.84. The Kier molecular flexibility index (Phi) is 5.80. The van der Waals surface area contributed by atoms with Gasteiger partial charge in [0.2, 0.25) is 10.0 Å². The first-order valence-corrected chi connectivity index (χ1v) is 10.8. The molecule has 1 N–H and O–H groups in total. The van der Waals surface area contributed by atoms with E-state index in [-0.39, 0.29) is 48.7 Å². The number of sulfonamides is 1. The molecule has 1 aromatic carbocycles. The number of amides is 1. The number of hydrogen-bond acceptors (Lipinski definition) is 7. The van der Waals surface area contributed by atoms with Gasteiger partial charge in [-0.1, -0.05) is 0 Å². The summed E-state index contributed by atoms with van der Waals surface area (Å²) in [6, 6.07) is 4.36. The summed E-state index contributed by atoms with van der Waals surface area (Å²) in [5.41, 5.74) is 0.577. The summed E-state index contributed by atoms with van der Waals surface area (Å²) in [6.45, 7) is 0.214. The third kappa shape index (κ3) is 4.56. The molecule has 154 valence electrons. The molecule has 1 fully saturated rings. The fraction of sp³-hybridized carbons (Fsp3) is 0.556. The summed E-state index contributed by atoms with van der Waals surface area (Å²) < 4.78 is 41.8. The van der Waals surface area contributed by atoms with Crippen LogP contribution in [0.1, 0.15) is 29.6 Å². The minimum atomic E-state index is -3.46. The van der Waals surface area contributed by atoms with Gasteiger partial charge in [0, 0.05) is 12.7 Å². The maximum Gasteiger partial charge on any atom is 0.308 e. The van der Waals surface area contributed by atoms with Crippen LogP contribution in [0.2, 0.25) is 0 Å². The molecule has 1 aromatic rings. The van der Waals surface area contributed by atoms with Crippen LogP contribution in [-0.4, -0.2) is 70.5 Å². The number of carbonyl (C=O) groups is 2. The van der Waals surface area contributed by atoms with Crippen molar-refractivity contribution < 1.29 is 32.2 Å². The normalized spacial score (nSPS) is 24.9. The number of hydrogen-bond donors (Lipinski definition) is 1. The molecule has 0 aromatic heterocycles. The average Bonchev–Trinajstić information content (AvgIpc) is 2.63. The molecular weight excluding hydrogens is 388 g/mol. The van der Waals surface area contributed by atoms with E-state index >= 15 is 0 Å². The van der Waals surface area contributed by atoms with Crippen LogP contribution < -0.4 is 9.46 Å². The highest BCUT2D eigenvalue weighted by atomic mass is 32.2. The van der Waals surface area contributed by atoms with Crippen molar-refractivity contribution in [1.82, 2.24) is 4.90 Å². The van der Waals surface area contributed by atoms with Crippen molar-refractivity contribution in [3.8, 4) is 5.75 Å². The third-order valence-corrected chi connectivity index (χ3v) is 5.54. The zero-order valence-corrected chi connectivity index (χ0v) is 16.8. The van der Waals surface area contributed by atoms with Gasteiger partial charge >= 0.3 is 5.97 Å². The summed E-state index contributed by atoms with van der Waals surface area (Å²) in [5, 5.41) is 0. The van der Waals surface area contributed by atoms with E-state index in [1.165, 1.54) is 19.2 Å². The van der Waals surface area contributed by atoms with Gasteiger partial charge in [0.1, 0.15) is 18.5 Å². The average molecular weight is 412 g/mol. The van der Waals surface area contributed by atoms with Crippen molar-refractivity contribution >= 4 is 27.6 Å². The molecule has 0 bridgehead atoms. The van der Waals surface area contributed by atoms with Crippen LogP contribution in [0.25, 0.3) is 0 Å². The number of methoxy groups -OCH3 is 1. The van der Waals surface area contributed by atoms with E-state index in [1.54, 1.807) is 18.0 Å². The van der Waals surface area contributed by atoms with E-state index in [1.807, 2.05) is 0 Å². The molecular formula is C18H24N2O7S. The van der Waals surface area contributed by atoms with Crippen LogP contribution >= 0.6 is 0 Å². The SMILES string of the molecule is COC(=O)C[C@@H]1CC[C@H]2[C@H](COc3ccc(NS(C)(=O)=O)cc3C(=O)N2C)O1. The number of benzene rings is 1. The first-order chi connectivity index (χ1) is 13.2. The predicted octanol–water partition coefficient (Wildman–Crippen LogP) is 1.00. The lowest BCUT2D eigenvalue weighted by Crippen LogP contribution is -2.53. The zero-order valence-electron chi connectivity index (χ0n) is 16.0. The van der Waals surface area contributed by atoms with Gasteiger partial charge in [-0.05, 0) is 31.0 Å². The number of anilines is 1. The highest BCUT2D eigenvalue weighted by molar-refractivity contribution is 7.92. The van der Waals surface area contributed by atoms with Gasteiger partial charge in [-0.25, -0.2) is 8.42 Å². The molecule has 2 heterocycles. The van der Waals surface area contributed by atoms with Crippen molar-refractivity contribution in [2.45, 2.75) is 37.5 Å². The molecule has 3 rings (SSSR count). The second-order valence-corrected chi connectivity index (χ2v) is 8.78. The Morgan fingerprint density at radius 3 is 2.79 bits per heavy atom. The second kappa shape index (κ2) is 7.96. The molecule has 0 saturated carbocycles. The van der Waals surface area contributed by atoms with Crippen LogP contribution in [0.15, 0.2) is 18.2 Å². The van der Waals surface area contributed by atoms with Crippen molar-refractivity contribution in [2.75, 3.05) is 31.7 Å². The fourth-order valence-corrected chi connectivity index (χ4v) is 4.13. The van der Waals surface area contributed by atoms with Gasteiger partial charge in [-0.2, -0.15) is 0 Å². The number of carbonyl (C=O) groups excluding carboxylic acids is 2. The number of nitrogens with zero attached hydrogens (tertiary/aromatic N) is 1. The number of esters is 1. The first-order valence-electron chi connectivity index (χ1n) is 8.92. The van der Waals surface area contributed by atoms with Gasteiger partial charge in [0.25, 0.3) is 5.91 Å². The third-order valence-electron chi connectivity index (χ3n) is 4.94. The maximum atomic E-state index is 13.0. The lowest BCUT2D eigenvalue weighted by atomic mass is 9.94. The Hall–Kier alpha value is -2.33. The number of nitrogens with one attached hydrogen (secondary N) is 1. The van der Waals surface area contributed by atoms with Gasteiger partial charge in [-0.15, -0.1) is 0 Å².